The monoisotopic (exact) mass is 178 g/mol. The summed E-state index contributed by atoms with van der Waals surface area (Å²) in [6.07, 6.45) is 1.22. The van der Waals surface area contributed by atoms with Gasteiger partial charge in [-0.2, -0.15) is 4.98 Å². The van der Waals surface area contributed by atoms with Crippen molar-refractivity contribution >= 4 is 0 Å². The predicted octanol–water partition coefficient (Wildman–Crippen LogP) is 2.18. The van der Waals surface area contributed by atoms with Crippen molar-refractivity contribution in [2.45, 2.75) is 6.92 Å². The molecule has 0 amide bonds. The number of benzene rings is 1. The zero-order valence-corrected chi connectivity index (χ0v) is 6.99. The summed E-state index contributed by atoms with van der Waals surface area (Å²) in [5.74, 6) is 0.152. The van der Waals surface area contributed by atoms with Crippen LogP contribution in [0, 0.1) is 12.7 Å². The van der Waals surface area contributed by atoms with Gasteiger partial charge in [-0.3, -0.25) is 0 Å². The minimum atomic E-state index is -0.262. The van der Waals surface area contributed by atoms with Crippen molar-refractivity contribution in [1.29, 1.82) is 0 Å². The van der Waals surface area contributed by atoms with Gasteiger partial charge in [-0.25, -0.2) is 4.39 Å². The summed E-state index contributed by atoms with van der Waals surface area (Å²) in [6, 6.07) is 4.77. The van der Waals surface area contributed by atoms with E-state index in [1.54, 1.807) is 19.1 Å². The molecule has 1 aromatic heterocycles. The Morgan fingerprint density at radius 2 is 2.23 bits per heavy atom. The van der Waals surface area contributed by atoms with Crippen LogP contribution in [0.3, 0.4) is 0 Å². The van der Waals surface area contributed by atoms with Crippen LogP contribution in [0.5, 0.6) is 0 Å². The Morgan fingerprint density at radius 3 is 2.92 bits per heavy atom. The Hall–Kier alpha value is -1.71. The van der Waals surface area contributed by atoms with Gasteiger partial charge >= 0.3 is 0 Å². The second-order valence-electron chi connectivity index (χ2n) is 2.67. The maximum Gasteiger partial charge on any atom is 0.214 e. The van der Waals surface area contributed by atoms with E-state index in [-0.39, 0.29) is 5.82 Å². The minimum Gasteiger partial charge on any atom is -0.342 e. The molecule has 2 aromatic rings. The van der Waals surface area contributed by atoms with Gasteiger partial charge in [0.25, 0.3) is 0 Å². The second-order valence-corrected chi connectivity index (χ2v) is 2.67. The van der Waals surface area contributed by atoms with E-state index < -0.39 is 0 Å². The molecule has 0 spiro atoms. The molecular weight excluding hydrogens is 171 g/mol. The van der Waals surface area contributed by atoms with Crippen LogP contribution in [0.1, 0.15) is 5.56 Å². The molecule has 0 fully saturated rings. The van der Waals surface area contributed by atoms with E-state index in [4.69, 9.17) is 0 Å². The average Bonchev–Trinajstić information content (AvgIpc) is 2.62. The quantitative estimate of drug-likeness (QED) is 0.671. The van der Waals surface area contributed by atoms with Gasteiger partial charge < -0.3 is 4.52 Å². The standard InChI is InChI=1S/C9H7FN2O/c1-6-7(3-2-4-8(6)10)9-11-5-13-12-9/h2-5H,1H3. The van der Waals surface area contributed by atoms with Crippen LogP contribution in [0.4, 0.5) is 4.39 Å². The molecular formula is C9H7FN2O. The molecule has 0 aliphatic rings. The van der Waals surface area contributed by atoms with Crippen LogP contribution in [0.2, 0.25) is 0 Å². The Bertz CT molecular complexity index is 412. The molecule has 0 unspecified atom stereocenters. The van der Waals surface area contributed by atoms with E-state index in [1.165, 1.54) is 12.5 Å². The molecule has 66 valence electrons. The fourth-order valence-electron chi connectivity index (χ4n) is 1.14. The van der Waals surface area contributed by atoms with Crippen molar-refractivity contribution in [3.05, 3.63) is 36.0 Å². The summed E-state index contributed by atoms with van der Waals surface area (Å²) in [5, 5.41) is 3.64. The van der Waals surface area contributed by atoms with Crippen molar-refractivity contribution in [3.8, 4) is 11.4 Å². The largest absolute Gasteiger partial charge is 0.342 e. The highest BCUT2D eigenvalue weighted by molar-refractivity contribution is 5.59. The first kappa shape index (κ1) is 7.91. The number of hydrogen-bond donors (Lipinski definition) is 0. The van der Waals surface area contributed by atoms with Crippen molar-refractivity contribution in [1.82, 2.24) is 10.1 Å². The highest BCUT2D eigenvalue weighted by Gasteiger charge is 2.08. The third kappa shape index (κ3) is 1.30. The maximum absolute atomic E-state index is 13.1. The average molecular weight is 178 g/mol. The van der Waals surface area contributed by atoms with Crippen LogP contribution in [-0.4, -0.2) is 10.1 Å². The Kier molecular flexibility index (Phi) is 1.81. The van der Waals surface area contributed by atoms with Gasteiger partial charge in [0.15, 0.2) is 0 Å². The Morgan fingerprint density at radius 1 is 1.38 bits per heavy atom. The molecule has 4 heteroatoms. The molecule has 0 N–H and O–H groups in total. The summed E-state index contributed by atoms with van der Waals surface area (Å²) in [7, 11) is 0. The highest BCUT2D eigenvalue weighted by Crippen LogP contribution is 2.20. The summed E-state index contributed by atoms with van der Waals surface area (Å²) >= 11 is 0. The van der Waals surface area contributed by atoms with Gasteiger partial charge in [0, 0.05) is 5.56 Å². The number of halogens is 1. The van der Waals surface area contributed by atoms with Crippen LogP contribution in [0.15, 0.2) is 29.1 Å². The molecule has 3 nitrogen and oxygen atoms in total. The van der Waals surface area contributed by atoms with Crippen molar-refractivity contribution in [2.24, 2.45) is 0 Å². The molecule has 0 aliphatic carbocycles. The molecule has 1 aromatic carbocycles. The minimum absolute atomic E-state index is 0.262. The first-order valence-electron chi connectivity index (χ1n) is 3.81. The van der Waals surface area contributed by atoms with Gasteiger partial charge in [-0.1, -0.05) is 17.3 Å². The van der Waals surface area contributed by atoms with Gasteiger partial charge in [-0.05, 0) is 18.6 Å². The molecule has 0 bridgehead atoms. The van der Waals surface area contributed by atoms with Crippen LogP contribution < -0.4 is 0 Å². The van der Waals surface area contributed by atoms with E-state index in [0.29, 0.717) is 17.0 Å². The van der Waals surface area contributed by atoms with Crippen molar-refractivity contribution in [2.75, 3.05) is 0 Å². The first-order chi connectivity index (χ1) is 6.29. The molecule has 0 saturated heterocycles. The van der Waals surface area contributed by atoms with E-state index in [2.05, 4.69) is 14.7 Å². The van der Waals surface area contributed by atoms with E-state index in [0.717, 1.165) is 0 Å². The lowest BCUT2D eigenvalue weighted by Crippen LogP contribution is -1.88. The Balaban J connectivity index is 2.59. The van der Waals surface area contributed by atoms with Gasteiger partial charge in [0.2, 0.25) is 12.2 Å². The summed E-state index contributed by atoms with van der Waals surface area (Å²) in [4.78, 5) is 3.84. The van der Waals surface area contributed by atoms with E-state index in [9.17, 15) is 4.39 Å². The number of nitrogens with zero attached hydrogens (tertiary/aromatic N) is 2. The topological polar surface area (TPSA) is 38.9 Å². The third-order valence-corrected chi connectivity index (χ3v) is 1.87. The number of aromatic nitrogens is 2. The van der Waals surface area contributed by atoms with Crippen LogP contribution >= 0.6 is 0 Å². The highest BCUT2D eigenvalue weighted by atomic mass is 19.1. The fourth-order valence-corrected chi connectivity index (χ4v) is 1.14. The van der Waals surface area contributed by atoms with Crippen molar-refractivity contribution in [3.63, 3.8) is 0 Å². The predicted molar refractivity (Wildman–Crippen MR) is 44.4 cm³/mol. The summed E-state index contributed by atoms with van der Waals surface area (Å²) < 4.78 is 17.7. The molecule has 2 rings (SSSR count). The SMILES string of the molecule is Cc1c(F)cccc1-c1ncon1. The smallest absolute Gasteiger partial charge is 0.214 e. The van der Waals surface area contributed by atoms with Gasteiger partial charge in [0.1, 0.15) is 5.82 Å². The molecule has 0 radical (unpaired) electrons. The van der Waals surface area contributed by atoms with Crippen LogP contribution in [-0.2, 0) is 0 Å². The molecule has 1 heterocycles. The molecule has 0 aliphatic heterocycles. The van der Waals surface area contributed by atoms with E-state index >= 15 is 0 Å². The second kappa shape index (κ2) is 2.97. The van der Waals surface area contributed by atoms with Gasteiger partial charge in [0.05, 0.1) is 0 Å². The van der Waals surface area contributed by atoms with Gasteiger partial charge in [-0.15, -0.1) is 0 Å². The normalized spacial score (nSPS) is 10.3. The lowest BCUT2D eigenvalue weighted by molar-refractivity contribution is 0.418. The Labute approximate surface area is 74.2 Å². The number of rotatable bonds is 1. The summed E-state index contributed by atoms with van der Waals surface area (Å²) in [6.45, 7) is 1.68. The number of hydrogen-bond acceptors (Lipinski definition) is 3. The van der Waals surface area contributed by atoms with E-state index in [1.807, 2.05) is 0 Å². The lowest BCUT2D eigenvalue weighted by Gasteiger charge is -2.00. The molecule has 0 saturated carbocycles. The maximum atomic E-state index is 13.1. The zero-order valence-electron chi connectivity index (χ0n) is 6.99. The molecule has 0 atom stereocenters. The first-order valence-corrected chi connectivity index (χ1v) is 3.81. The van der Waals surface area contributed by atoms with Crippen LogP contribution in [0.25, 0.3) is 11.4 Å². The fraction of sp³-hybridized carbons (Fsp3) is 0.111. The summed E-state index contributed by atoms with van der Waals surface area (Å²) in [5.41, 5.74) is 1.19. The zero-order chi connectivity index (χ0) is 9.26. The van der Waals surface area contributed by atoms with Crippen molar-refractivity contribution < 1.29 is 8.91 Å². The lowest BCUT2D eigenvalue weighted by atomic mass is 10.1. The third-order valence-electron chi connectivity index (χ3n) is 1.87. The molecule has 13 heavy (non-hydrogen) atoms.